The van der Waals surface area contributed by atoms with Crippen molar-refractivity contribution in [1.82, 2.24) is 4.31 Å². The summed E-state index contributed by atoms with van der Waals surface area (Å²) in [6.07, 6.45) is 0.448. The molecule has 0 amide bonds. The second kappa shape index (κ2) is 5.40. The molecule has 0 spiro atoms. The van der Waals surface area contributed by atoms with Crippen molar-refractivity contribution in [1.29, 1.82) is 0 Å². The number of rotatable bonds is 4. The van der Waals surface area contributed by atoms with Crippen LogP contribution in [-0.2, 0) is 15.8 Å². The standard InChI is InChI=1S/C13H18N2O3S2/c1-13(16)6-7-15(9-13)20(17,18)8-10-4-2-3-5-11(10)12(14)19/h2-5,16H,6-9H2,1H3,(H2,14,19). The number of hydrogen-bond donors (Lipinski definition) is 2. The lowest BCUT2D eigenvalue weighted by Gasteiger charge is -2.19. The van der Waals surface area contributed by atoms with Crippen molar-refractivity contribution in [3.05, 3.63) is 35.4 Å². The van der Waals surface area contributed by atoms with Gasteiger partial charge < -0.3 is 10.8 Å². The summed E-state index contributed by atoms with van der Waals surface area (Å²) in [4.78, 5) is 0.184. The van der Waals surface area contributed by atoms with Crippen LogP contribution >= 0.6 is 12.2 Å². The van der Waals surface area contributed by atoms with Crippen molar-refractivity contribution in [3.63, 3.8) is 0 Å². The van der Waals surface area contributed by atoms with Gasteiger partial charge in [-0.05, 0) is 18.9 Å². The molecule has 1 atom stereocenters. The molecule has 1 aliphatic rings. The molecule has 5 nitrogen and oxygen atoms in total. The Kier molecular flexibility index (Phi) is 4.15. The summed E-state index contributed by atoms with van der Waals surface area (Å²) in [6.45, 7) is 2.11. The van der Waals surface area contributed by atoms with E-state index in [1.54, 1.807) is 31.2 Å². The van der Waals surface area contributed by atoms with E-state index in [2.05, 4.69) is 0 Å². The second-order valence-corrected chi connectivity index (χ2v) is 7.77. The molecule has 1 aliphatic heterocycles. The third-order valence-electron chi connectivity index (χ3n) is 3.43. The zero-order chi connectivity index (χ0) is 15.0. The van der Waals surface area contributed by atoms with Crippen molar-refractivity contribution in [2.45, 2.75) is 24.7 Å². The van der Waals surface area contributed by atoms with Crippen LogP contribution in [0.5, 0.6) is 0 Å². The first-order chi connectivity index (χ1) is 9.21. The van der Waals surface area contributed by atoms with Gasteiger partial charge in [-0.1, -0.05) is 36.5 Å². The van der Waals surface area contributed by atoms with E-state index >= 15 is 0 Å². The van der Waals surface area contributed by atoms with Gasteiger partial charge in [-0.2, -0.15) is 4.31 Å². The summed E-state index contributed by atoms with van der Waals surface area (Å²) in [5.74, 6) is -0.156. The van der Waals surface area contributed by atoms with Crippen LogP contribution in [0.15, 0.2) is 24.3 Å². The average Bonchev–Trinajstić information content (AvgIpc) is 2.70. The van der Waals surface area contributed by atoms with Gasteiger partial charge in [0.15, 0.2) is 0 Å². The van der Waals surface area contributed by atoms with Crippen LogP contribution < -0.4 is 5.73 Å². The largest absolute Gasteiger partial charge is 0.389 e. The molecule has 1 heterocycles. The molecule has 1 aromatic carbocycles. The third-order valence-corrected chi connectivity index (χ3v) is 5.43. The zero-order valence-corrected chi connectivity index (χ0v) is 12.9. The highest BCUT2D eigenvalue weighted by Crippen LogP contribution is 2.25. The lowest BCUT2D eigenvalue weighted by molar-refractivity contribution is 0.0762. The van der Waals surface area contributed by atoms with E-state index in [0.29, 0.717) is 24.1 Å². The molecule has 0 aromatic heterocycles. The normalized spacial score (nSPS) is 23.9. The molecule has 1 unspecified atom stereocenters. The van der Waals surface area contributed by atoms with Gasteiger partial charge in [0.05, 0.1) is 11.4 Å². The van der Waals surface area contributed by atoms with Crippen molar-refractivity contribution in [2.75, 3.05) is 13.1 Å². The fraction of sp³-hybridized carbons (Fsp3) is 0.462. The number of aliphatic hydroxyl groups is 1. The van der Waals surface area contributed by atoms with Gasteiger partial charge in [0.1, 0.15) is 4.99 Å². The van der Waals surface area contributed by atoms with Crippen LogP contribution in [0.3, 0.4) is 0 Å². The number of thiocarbonyl (C=S) groups is 1. The topological polar surface area (TPSA) is 83.6 Å². The molecule has 20 heavy (non-hydrogen) atoms. The average molecular weight is 314 g/mol. The maximum Gasteiger partial charge on any atom is 0.218 e. The Hall–Kier alpha value is -1.02. The minimum Gasteiger partial charge on any atom is -0.389 e. The molecule has 110 valence electrons. The van der Waals surface area contributed by atoms with E-state index < -0.39 is 15.6 Å². The van der Waals surface area contributed by atoms with E-state index in [9.17, 15) is 13.5 Å². The number of nitrogens with zero attached hydrogens (tertiary/aromatic N) is 1. The number of benzene rings is 1. The third kappa shape index (κ3) is 3.35. The summed E-state index contributed by atoms with van der Waals surface area (Å²) in [7, 11) is -3.48. The van der Waals surface area contributed by atoms with E-state index in [-0.39, 0.29) is 17.3 Å². The molecule has 1 saturated heterocycles. The predicted octanol–water partition coefficient (Wildman–Crippen LogP) is 0.607. The van der Waals surface area contributed by atoms with Crippen LogP contribution in [0.1, 0.15) is 24.5 Å². The fourth-order valence-electron chi connectivity index (χ4n) is 2.32. The maximum absolute atomic E-state index is 12.4. The maximum atomic E-state index is 12.4. The van der Waals surface area contributed by atoms with Gasteiger partial charge in [-0.3, -0.25) is 0 Å². The molecule has 7 heteroatoms. The lowest BCUT2D eigenvalue weighted by Crippen LogP contribution is -2.35. The summed E-state index contributed by atoms with van der Waals surface area (Å²) in [5.41, 5.74) is 5.83. The van der Waals surface area contributed by atoms with Crippen LogP contribution in [0.2, 0.25) is 0 Å². The van der Waals surface area contributed by atoms with Crippen LogP contribution in [0.25, 0.3) is 0 Å². The van der Waals surface area contributed by atoms with Crippen molar-refractivity contribution in [2.24, 2.45) is 5.73 Å². The number of nitrogens with two attached hydrogens (primary N) is 1. The van der Waals surface area contributed by atoms with Gasteiger partial charge in [0.25, 0.3) is 0 Å². The Labute approximate surface area is 124 Å². The Morgan fingerprint density at radius 1 is 1.50 bits per heavy atom. The van der Waals surface area contributed by atoms with Crippen LogP contribution in [-0.4, -0.2) is 41.5 Å². The van der Waals surface area contributed by atoms with E-state index in [4.69, 9.17) is 18.0 Å². The van der Waals surface area contributed by atoms with Crippen molar-refractivity contribution >= 4 is 27.2 Å². The molecule has 2 rings (SSSR count). The fourth-order valence-corrected chi connectivity index (χ4v) is 4.19. The first-order valence-corrected chi connectivity index (χ1v) is 8.31. The molecule has 0 bridgehead atoms. The first kappa shape index (κ1) is 15.4. The van der Waals surface area contributed by atoms with Crippen molar-refractivity contribution in [3.8, 4) is 0 Å². The smallest absolute Gasteiger partial charge is 0.218 e. The highest BCUT2D eigenvalue weighted by atomic mass is 32.2. The molecule has 0 radical (unpaired) electrons. The highest BCUT2D eigenvalue weighted by molar-refractivity contribution is 7.88. The zero-order valence-electron chi connectivity index (χ0n) is 11.2. The predicted molar refractivity (Wildman–Crippen MR) is 81.8 cm³/mol. The van der Waals surface area contributed by atoms with Crippen LogP contribution in [0, 0.1) is 0 Å². The quantitative estimate of drug-likeness (QED) is 0.796. The Morgan fingerprint density at radius 2 is 2.15 bits per heavy atom. The van der Waals surface area contributed by atoms with E-state index in [1.807, 2.05) is 0 Å². The van der Waals surface area contributed by atoms with Gasteiger partial charge in [-0.25, -0.2) is 8.42 Å². The van der Waals surface area contributed by atoms with Crippen molar-refractivity contribution < 1.29 is 13.5 Å². The summed E-state index contributed by atoms with van der Waals surface area (Å²) in [5, 5.41) is 9.89. The molecule has 0 saturated carbocycles. The Morgan fingerprint density at radius 3 is 2.70 bits per heavy atom. The van der Waals surface area contributed by atoms with E-state index in [0.717, 1.165) is 0 Å². The molecule has 1 aromatic rings. The minimum atomic E-state index is -3.48. The number of β-amino-alcohol motifs (C(OH)–C–C–N with tert-alkyl or cyclic N) is 1. The number of hydrogen-bond acceptors (Lipinski definition) is 4. The van der Waals surface area contributed by atoms with E-state index in [1.165, 1.54) is 4.31 Å². The molecular formula is C13H18N2O3S2. The van der Waals surface area contributed by atoms with Gasteiger partial charge in [0.2, 0.25) is 10.0 Å². The molecule has 1 fully saturated rings. The Balaban J connectivity index is 2.24. The van der Waals surface area contributed by atoms with Gasteiger partial charge in [-0.15, -0.1) is 0 Å². The SMILES string of the molecule is CC1(O)CCN(S(=O)(=O)Cc2ccccc2C(N)=S)C1. The van der Waals surface area contributed by atoms with Gasteiger partial charge >= 0.3 is 0 Å². The highest BCUT2D eigenvalue weighted by Gasteiger charge is 2.37. The first-order valence-electron chi connectivity index (χ1n) is 6.29. The molecular weight excluding hydrogens is 296 g/mol. The van der Waals surface area contributed by atoms with Gasteiger partial charge in [0, 0.05) is 18.7 Å². The Bertz CT molecular complexity index is 626. The second-order valence-electron chi connectivity index (χ2n) is 5.36. The van der Waals surface area contributed by atoms with Crippen LogP contribution in [0.4, 0.5) is 0 Å². The summed E-state index contributed by atoms with van der Waals surface area (Å²) in [6, 6.07) is 6.95. The number of sulfonamides is 1. The lowest BCUT2D eigenvalue weighted by atomic mass is 10.1. The molecule has 0 aliphatic carbocycles. The minimum absolute atomic E-state index is 0.130. The summed E-state index contributed by atoms with van der Waals surface area (Å²) >= 11 is 4.94. The molecule has 3 N–H and O–H groups in total. The monoisotopic (exact) mass is 314 g/mol. The summed E-state index contributed by atoms with van der Waals surface area (Å²) < 4.78 is 26.1.